The summed E-state index contributed by atoms with van der Waals surface area (Å²) in [6.07, 6.45) is 1.35. The van der Waals surface area contributed by atoms with Crippen molar-refractivity contribution in [2.45, 2.75) is 6.54 Å². The predicted octanol–water partition coefficient (Wildman–Crippen LogP) is 0.923. The van der Waals surface area contributed by atoms with E-state index < -0.39 is 17.6 Å². The molecule has 1 heterocycles. The third-order valence-corrected chi connectivity index (χ3v) is 3.38. The summed E-state index contributed by atoms with van der Waals surface area (Å²) in [6.45, 7) is -0.444. The monoisotopic (exact) mass is 347 g/mol. The molecule has 25 heavy (non-hydrogen) atoms. The first-order valence-corrected chi connectivity index (χ1v) is 7.53. The Morgan fingerprint density at radius 3 is 2.52 bits per heavy atom. The highest BCUT2D eigenvalue weighted by Gasteiger charge is 2.14. The summed E-state index contributed by atoms with van der Waals surface area (Å²) in [6, 6.07) is 9.17. The number of amides is 3. The first-order chi connectivity index (χ1) is 12.0. The van der Waals surface area contributed by atoms with Gasteiger partial charge in [-0.2, -0.15) is 0 Å². The number of hydrogen-bond acceptors (Lipinski definition) is 4. The second-order valence-corrected chi connectivity index (χ2v) is 5.28. The SMILES string of the molecule is CN(Cc1ccccc1F)C(=O)CNC(=O)CNC(=O)c1ccco1. The first kappa shape index (κ1) is 18.2. The summed E-state index contributed by atoms with van der Waals surface area (Å²) >= 11 is 0. The van der Waals surface area contributed by atoms with Gasteiger partial charge < -0.3 is 20.0 Å². The number of hydrogen-bond donors (Lipinski definition) is 2. The van der Waals surface area contributed by atoms with Crippen LogP contribution in [-0.4, -0.2) is 42.8 Å². The Bertz CT molecular complexity index is 746. The smallest absolute Gasteiger partial charge is 0.287 e. The number of furan rings is 1. The molecule has 1 aromatic heterocycles. The van der Waals surface area contributed by atoms with Crippen molar-refractivity contribution in [3.63, 3.8) is 0 Å². The normalized spacial score (nSPS) is 10.2. The fraction of sp³-hybridized carbons (Fsp3) is 0.235. The molecule has 0 unspecified atom stereocenters. The van der Waals surface area contributed by atoms with Crippen LogP contribution in [0.3, 0.4) is 0 Å². The van der Waals surface area contributed by atoms with Gasteiger partial charge in [0.15, 0.2) is 5.76 Å². The van der Waals surface area contributed by atoms with Gasteiger partial charge >= 0.3 is 0 Å². The largest absolute Gasteiger partial charge is 0.459 e. The fourth-order valence-corrected chi connectivity index (χ4v) is 2.00. The molecular weight excluding hydrogens is 329 g/mol. The molecule has 0 bridgehead atoms. The third kappa shape index (κ3) is 5.45. The van der Waals surface area contributed by atoms with Gasteiger partial charge in [-0.15, -0.1) is 0 Å². The van der Waals surface area contributed by atoms with Crippen LogP contribution in [0.15, 0.2) is 47.1 Å². The molecule has 2 rings (SSSR count). The van der Waals surface area contributed by atoms with E-state index in [9.17, 15) is 18.8 Å². The zero-order chi connectivity index (χ0) is 18.2. The van der Waals surface area contributed by atoms with Gasteiger partial charge in [0.05, 0.1) is 19.4 Å². The predicted molar refractivity (Wildman–Crippen MR) is 86.9 cm³/mol. The van der Waals surface area contributed by atoms with Crippen LogP contribution in [0.25, 0.3) is 0 Å². The third-order valence-electron chi connectivity index (χ3n) is 3.38. The number of rotatable bonds is 7. The summed E-state index contributed by atoms with van der Waals surface area (Å²) < 4.78 is 18.5. The van der Waals surface area contributed by atoms with Gasteiger partial charge in [0.2, 0.25) is 11.8 Å². The van der Waals surface area contributed by atoms with Crippen LogP contribution >= 0.6 is 0 Å². The van der Waals surface area contributed by atoms with Crippen LogP contribution in [0, 0.1) is 5.82 Å². The maximum Gasteiger partial charge on any atom is 0.287 e. The van der Waals surface area contributed by atoms with Gasteiger partial charge in [0, 0.05) is 19.2 Å². The van der Waals surface area contributed by atoms with Gasteiger partial charge in [0.25, 0.3) is 5.91 Å². The lowest BCUT2D eigenvalue weighted by atomic mass is 10.2. The number of nitrogens with zero attached hydrogens (tertiary/aromatic N) is 1. The van der Waals surface area contributed by atoms with Gasteiger partial charge in [0.1, 0.15) is 5.82 Å². The van der Waals surface area contributed by atoms with E-state index >= 15 is 0 Å². The fourth-order valence-electron chi connectivity index (χ4n) is 2.00. The highest BCUT2D eigenvalue weighted by Crippen LogP contribution is 2.08. The van der Waals surface area contributed by atoms with Crippen LogP contribution in [0.5, 0.6) is 0 Å². The standard InChI is InChI=1S/C17H18FN3O4/c1-21(11-12-5-2-3-6-13(12)18)16(23)10-19-15(22)9-20-17(24)14-7-4-8-25-14/h2-8H,9-11H2,1H3,(H,19,22)(H,20,24). The summed E-state index contributed by atoms with van der Waals surface area (Å²) in [5.41, 5.74) is 0.385. The molecule has 0 saturated heterocycles. The number of carbonyl (C=O) groups excluding carboxylic acids is 3. The lowest BCUT2D eigenvalue weighted by Crippen LogP contribution is -2.42. The van der Waals surface area contributed by atoms with E-state index in [1.54, 1.807) is 24.3 Å². The minimum atomic E-state index is -0.525. The summed E-state index contributed by atoms with van der Waals surface area (Å²) in [7, 11) is 1.51. The summed E-state index contributed by atoms with van der Waals surface area (Å²) in [4.78, 5) is 36.5. The van der Waals surface area contributed by atoms with Crippen molar-refractivity contribution >= 4 is 17.7 Å². The van der Waals surface area contributed by atoms with E-state index in [0.717, 1.165) is 0 Å². The van der Waals surface area contributed by atoms with Crippen molar-refractivity contribution in [3.05, 3.63) is 59.8 Å². The number of likely N-dealkylation sites (N-methyl/N-ethyl adjacent to an activating group) is 1. The van der Waals surface area contributed by atoms with Crippen molar-refractivity contribution in [3.8, 4) is 0 Å². The molecular formula is C17H18FN3O4. The van der Waals surface area contributed by atoms with Crippen LogP contribution in [0.4, 0.5) is 4.39 Å². The molecule has 2 aromatic rings. The molecule has 0 atom stereocenters. The Morgan fingerprint density at radius 1 is 1.08 bits per heavy atom. The summed E-state index contributed by atoms with van der Waals surface area (Å²) in [5, 5.41) is 4.76. The molecule has 0 saturated carbocycles. The molecule has 2 N–H and O–H groups in total. The van der Waals surface area contributed by atoms with E-state index in [2.05, 4.69) is 10.6 Å². The Labute approximate surface area is 143 Å². The molecule has 1 aromatic carbocycles. The van der Waals surface area contributed by atoms with Crippen molar-refractivity contribution in [1.82, 2.24) is 15.5 Å². The summed E-state index contributed by atoms with van der Waals surface area (Å²) in [5.74, 6) is -1.73. The van der Waals surface area contributed by atoms with Crippen LogP contribution < -0.4 is 10.6 Å². The minimum Gasteiger partial charge on any atom is -0.459 e. The zero-order valence-corrected chi connectivity index (χ0v) is 13.6. The second kappa shape index (κ2) is 8.62. The molecule has 3 amide bonds. The average molecular weight is 347 g/mol. The number of nitrogens with one attached hydrogen (secondary N) is 2. The van der Waals surface area contributed by atoms with E-state index in [1.807, 2.05) is 0 Å². The van der Waals surface area contributed by atoms with E-state index in [1.165, 1.54) is 30.3 Å². The molecule has 7 nitrogen and oxygen atoms in total. The second-order valence-electron chi connectivity index (χ2n) is 5.28. The molecule has 0 spiro atoms. The number of carbonyl (C=O) groups is 3. The van der Waals surface area contributed by atoms with Crippen LogP contribution in [0.1, 0.15) is 16.1 Å². The highest BCUT2D eigenvalue weighted by molar-refractivity contribution is 5.94. The van der Waals surface area contributed by atoms with Gasteiger partial charge in [-0.25, -0.2) is 4.39 Å². The lowest BCUT2D eigenvalue weighted by Gasteiger charge is -2.18. The molecule has 132 valence electrons. The lowest BCUT2D eigenvalue weighted by molar-refractivity contribution is -0.132. The van der Waals surface area contributed by atoms with Crippen molar-refractivity contribution < 1.29 is 23.2 Å². The zero-order valence-electron chi connectivity index (χ0n) is 13.6. The Morgan fingerprint density at radius 2 is 1.84 bits per heavy atom. The van der Waals surface area contributed by atoms with E-state index in [0.29, 0.717) is 5.56 Å². The number of benzene rings is 1. The molecule has 0 aliphatic rings. The van der Waals surface area contributed by atoms with Crippen molar-refractivity contribution in [2.75, 3.05) is 20.1 Å². The maximum atomic E-state index is 13.6. The molecule has 0 aliphatic carbocycles. The van der Waals surface area contributed by atoms with E-state index in [-0.39, 0.29) is 31.3 Å². The molecule has 0 radical (unpaired) electrons. The molecule has 0 fully saturated rings. The Balaban J connectivity index is 1.72. The van der Waals surface area contributed by atoms with Crippen LogP contribution in [-0.2, 0) is 16.1 Å². The topological polar surface area (TPSA) is 91.7 Å². The molecule has 0 aliphatic heterocycles. The maximum absolute atomic E-state index is 13.6. The van der Waals surface area contributed by atoms with Crippen molar-refractivity contribution in [2.24, 2.45) is 0 Å². The Kier molecular flexibility index (Phi) is 6.27. The first-order valence-electron chi connectivity index (χ1n) is 7.53. The highest BCUT2D eigenvalue weighted by atomic mass is 19.1. The van der Waals surface area contributed by atoms with Gasteiger partial charge in [-0.05, 0) is 18.2 Å². The van der Waals surface area contributed by atoms with Gasteiger partial charge in [-0.1, -0.05) is 18.2 Å². The number of halogens is 1. The van der Waals surface area contributed by atoms with Crippen LogP contribution in [0.2, 0.25) is 0 Å². The Hall–Kier alpha value is -3.16. The minimum absolute atomic E-state index is 0.0912. The molecule has 8 heteroatoms. The van der Waals surface area contributed by atoms with Crippen molar-refractivity contribution in [1.29, 1.82) is 0 Å². The van der Waals surface area contributed by atoms with E-state index in [4.69, 9.17) is 4.42 Å². The average Bonchev–Trinajstić information content (AvgIpc) is 3.14. The quantitative estimate of drug-likeness (QED) is 0.779. The van der Waals surface area contributed by atoms with Gasteiger partial charge in [-0.3, -0.25) is 14.4 Å².